The zero-order valence-electron chi connectivity index (χ0n) is 20.4. The summed E-state index contributed by atoms with van der Waals surface area (Å²) >= 11 is 1.66. The van der Waals surface area contributed by atoms with Crippen LogP contribution in [0, 0.1) is 0 Å². The zero-order chi connectivity index (χ0) is 26.1. The second-order valence-electron chi connectivity index (χ2n) is 9.22. The van der Waals surface area contributed by atoms with Gasteiger partial charge in [0.2, 0.25) is 0 Å². The number of ether oxygens (including phenoxy) is 1. The van der Waals surface area contributed by atoms with Crippen molar-refractivity contribution in [3.05, 3.63) is 66.9 Å². The van der Waals surface area contributed by atoms with E-state index in [2.05, 4.69) is 60.8 Å². The summed E-state index contributed by atoms with van der Waals surface area (Å²) in [7, 11) is 0. The average molecular weight is 533 g/mol. The number of imidazole rings is 1. The molecule has 0 unspecified atom stereocenters. The number of aliphatic hydroxyl groups excluding tert-OH is 2. The van der Waals surface area contributed by atoms with Crippen molar-refractivity contribution in [2.45, 2.75) is 31.1 Å². The number of nitrogen functional groups attached to an aromatic ring is 1. The van der Waals surface area contributed by atoms with Gasteiger partial charge < -0.3 is 26.0 Å². The van der Waals surface area contributed by atoms with E-state index < -0.39 is 24.5 Å². The fourth-order valence-corrected chi connectivity index (χ4v) is 5.75. The first-order valence-corrected chi connectivity index (χ1v) is 13.5. The second kappa shape index (κ2) is 10.7. The normalized spacial score (nSPS) is 21.5. The molecule has 12 heteroatoms. The molecule has 1 aliphatic rings. The van der Waals surface area contributed by atoms with Crippen LogP contribution in [0.15, 0.2) is 61.3 Å². The van der Waals surface area contributed by atoms with E-state index >= 15 is 0 Å². The van der Waals surface area contributed by atoms with Crippen molar-refractivity contribution in [1.82, 2.24) is 35.0 Å². The Balaban J connectivity index is 0.993. The highest BCUT2D eigenvalue weighted by molar-refractivity contribution is 7.99. The van der Waals surface area contributed by atoms with Crippen molar-refractivity contribution >= 4 is 39.6 Å². The predicted octanol–water partition coefficient (Wildman–Crippen LogP) is 2.09. The zero-order valence-corrected chi connectivity index (χ0v) is 21.3. The topological polar surface area (TPSA) is 160 Å². The first-order chi connectivity index (χ1) is 18.6. The Kier molecular flexibility index (Phi) is 6.96. The minimum absolute atomic E-state index is 0.253. The number of hydrogen-bond acceptors (Lipinski definition) is 10. The molecule has 196 valence electrons. The number of aromatic nitrogens is 6. The first kappa shape index (κ1) is 24.8. The smallest absolute Gasteiger partial charge is 0.167 e. The summed E-state index contributed by atoms with van der Waals surface area (Å²) in [5.41, 5.74) is 11.3. The van der Waals surface area contributed by atoms with Crippen LogP contribution in [0.2, 0.25) is 0 Å². The molecule has 0 radical (unpaired) electrons. The third-order valence-electron chi connectivity index (χ3n) is 6.75. The van der Waals surface area contributed by atoms with Crippen molar-refractivity contribution in [3.63, 3.8) is 0 Å². The molecule has 11 nitrogen and oxygen atoms in total. The van der Waals surface area contributed by atoms with E-state index in [9.17, 15) is 10.2 Å². The molecule has 6 N–H and O–H groups in total. The molecule has 1 fully saturated rings. The number of hydrogen-bond donors (Lipinski definition) is 5. The minimum Gasteiger partial charge on any atom is -0.387 e. The van der Waals surface area contributed by atoms with Gasteiger partial charge in [0.25, 0.3) is 0 Å². The van der Waals surface area contributed by atoms with Crippen molar-refractivity contribution < 1.29 is 14.9 Å². The molecule has 0 bridgehead atoms. The van der Waals surface area contributed by atoms with Gasteiger partial charge in [-0.05, 0) is 17.2 Å². The Labute approximate surface area is 222 Å². The first-order valence-electron chi connectivity index (χ1n) is 12.3. The van der Waals surface area contributed by atoms with Crippen LogP contribution in [-0.4, -0.2) is 76.3 Å². The van der Waals surface area contributed by atoms with E-state index in [4.69, 9.17) is 10.5 Å². The minimum atomic E-state index is -1.10. The summed E-state index contributed by atoms with van der Waals surface area (Å²) in [6.45, 7) is 1.54. The monoisotopic (exact) mass is 532 g/mol. The summed E-state index contributed by atoms with van der Waals surface area (Å²) < 4.78 is 7.60. The van der Waals surface area contributed by atoms with Crippen LogP contribution in [0.5, 0.6) is 0 Å². The number of thioether (sulfide) groups is 1. The molecule has 4 atom stereocenters. The number of aliphatic hydroxyl groups is 2. The molecule has 0 spiro atoms. The second-order valence-corrected chi connectivity index (χ2v) is 10.4. The predicted molar refractivity (Wildman–Crippen MR) is 146 cm³/mol. The number of para-hydroxylation sites is 1. The lowest BCUT2D eigenvalue weighted by Gasteiger charge is -2.16. The molecule has 2 aromatic carbocycles. The molecule has 6 rings (SSSR count). The highest BCUT2D eigenvalue weighted by Crippen LogP contribution is 2.33. The average Bonchev–Trinajstić information content (AvgIpc) is 3.65. The molecule has 0 amide bonds. The van der Waals surface area contributed by atoms with Gasteiger partial charge in [-0.2, -0.15) is 16.9 Å². The number of aromatic amines is 1. The maximum Gasteiger partial charge on any atom is 0.167 e. The Morgan fingerprint density at radius 2 is 2.00 bits per heavy atom. The number of nitrogens with two attached hydrogens (primary N) is 1. The Morgan fingerprint density at radius 1 is 1.11 bits per heavy atom. The van der Waals surface area contributed by atoms with Gasteiger partial charge in [-0.3, -0.25) is 9.67 Å². The molecular formula is C26H28N8O3S. The van der Waals surface area contributed by atoms with E-state index in [1.54, 1.807) is 16.3 Å². The van der Waals surface area contributed by atoms with Crippen LogP contribution < -0.4 is 11.1 Å². The maximum absolute atomic E-state index is 10.6. The summed E-state index contributed by atoms with van der Waals surface area (Å²) in [4.78, 5) is 12.4. The van der Waals surface area contributed by atoms with Gasteiger partial charge in [0.15, 0.2) is 17.7 Å². The van der Waals surface area contributed by atoms with Gasteiger partial charge in [-0.25, -0.2) is 15.0 Å². The quantitative estimate of drug-likeness (QED) is 0.178. The number of H-pyrrole nitrogens is 1. The lowest BCUT2D eigenvalue weighted by atomic mass is 10.0. The number of nitrogens with zero attached hydrogens (tertiary/aromatic N) is 5. The van der Waals surface area contributed by atoms with Gasteiger partial charge in [-0.15, -0.1) is 0 Å². The number of anilines is 1. The summed E-state index contributed by atoms with van der Waals surface area (Å²) in [6.07, 6.45) is 1.24. The molecule has 38 heavy (non-hydrogen) atoms. The number of fused-ring (bicyclic) bond motifs is 2. The Bertz CT molecular complexity index is 1560. The van der Waals surface area contributed by atoms with E-state index in [0.717, 1.165) is 40.9 Å². The van der Waals surface area contributed by atoms with E-state index in [1.165, 1.54) is 18.2 Å². The lowest BCUT2D eigenvalue weighted by molar-refractivity contribution is -0.0289. The van der Waals surface area contributed by atoms with Gasteiger partial charge in [0.05, 0.1) is 24.1 Å². The van der Waals surface area contributed by atoms with Gasteiger partial charge in [0, 0.05) is 35.5 Å². The van der Waals surface area contributed by atoms with E-state index in [-0.39, 0.29) is 5.82 Å². The fourth-order valence-electron chi connectivity index (χ4n) is 4.79. The number of benzene rings is 2. The molecule has 1 saturated heterocycles. The molecule has 3 aromatic heterocycles. The van der Waals surface area contributed by atoms with Crippen LogP contribution in [0.25, 0.3) is 33.2 Å². The molecule has 1 aliphatic heterocycles. The summed E-state index contributed by atoms with van der Waals surface area (Å²) in [5, 5.41) is 33.0. The third-order valence-corrected chi connectivity index (χ3v) is 7.80. The largest absolute Gasteiger partial charge is 0.387 e. The van der Waals surface area contributed by atoms with Crippen LogP contribution >= 0.6 is 11.8 Å². The molecule has 0 aliphatic carbocycles. The van der Waals surface area contributed by atoms with Crippen LogP contribution in [0.1, 0.15) is 11.8 Å². The number of rotatable bonds is 9. The van der Waals surface area contributed by atoms with Crippen molar-refractivity contribution in [2.75, 3.05) is 23.8 Å². The standard InChI is InChI=1S/C26H28N8O3S/c27-24-21-25(30-13-29-24)34(14-31-21)26-23(36)22(35)19(37-26)12-38-8-7-28-10-15-3-1-4-16(9-15)18-6-2-5-17-11-32-33-20(17)18/h1-6,9,11,13-14,19,22-23,26,28,35-36H,7-8,10,12H2,(H,32,33)(H2,27,29,30)/t19-,22-,23-,26-/m1/s1. The van der Waals surface area contributed by atoms with Gasteiger partial charge in [-0.1, -0.05) is 36.4 Å². The third kappa shape index (κ3) is 4.72. The highest BCUT2D eigenvalue weighted by Gasteiger charge is 2.44. The molecule has 4 heterocycles. The molecular weight excluding hydrogens is 504 g/mol. The van der Waals surface area contributed by atoms with Crippen molar-refractivity contribution in [2.24, 2.45) is 0 Å². The van der Waals surface area contributed by atoms with Crippen LogP contribution in [0.3, 0.4) is 0 Å². The van der Waals surface area contributed by atoms with Crippen LogP contribution in [-0.2, 0) is 11.3 Å². The molecule has 0 saturated carbocycles. The van der Waals surface area contributed by atoms with Gasteiger partial charge in [0.1, 0.15) is 24.1 Å². The number of nitrogens with one attached hydrogen (secondary N) is 2. The van der Waals surface area contributed by atoms with Crippen molar-refractivity contribution in [3.8, 4) is 11.1 Å². The molecule has 5 aromatic rings. The van der Waals surface area contributed by atoms with E-state index in [0.29, 0.717) is 16.9 Å². The Hall–Kier alpha value is -3.55. The van der Waals surface area contributed by atoms with Gasteiger partial charge >= 0.3 is 0 Å². The summed E-state index contributed by atoms with van der Waals surface area (Å²) in [6, 6.07) is 14.7. The lowest BCUT2D eigenvalue weighted by Crippen LogP contribution is -2.32. The van der Waals surface area contributed by atoms with E-state index in [1.807, 2.05) is 18.3 Å². The summed E-state index contributed by atoms with van der Waals surface area (Å²) in [5.74, 6) is 1.63. The van der Waals surface area contributed by atoms with Crippen molar-refractivity contribution in [1.29, 1.82) is 0 Å². The SMILES string of the molecule is Nc1ncnc2c1ncn2[C@@H]1O[C@H](CSCCNCc2cccc(-c3cccc4cn[nH]c34)c2)[C@@H](O)[C@H]1O. The highest BCUT2D eigenvalue weighted by atomic mass is 32.2. The fraction of sp³-hybridized carbons (Fsp3) is 0.308. The Morgan fingerprint density at radius 3 is 2.92 bits per heavy atom. The van der Waals surface area contributed by atoms with Crippen LogP contribution in [0.4, 0.5) is 5.82 Å². The maximum atomic E-state index is 10.6.